The van der Waals surface area contributed by atoms with Crippen LogP contribution >= 0.6 is 0 Å². The third-order valence-corrected chi connectivity index (χ3v) is 3.18. The zero-order valence-corrected chi connectivity index (χ0v) is 13.0. The topological polar surface area (TPSA) is 42.9 Å². The lowest BCUT2D eigenvalue weighted by atomic mass is 10.1. The summed E-state index contributed by atoms with van der Waals surface area (Å²) in [6, 6.07) is 6.44. The number of nitrogens with two attached hydrogens (primary N) is 1. The van der Waals surface area contributed by atoms with Crippen LogP contribution in [0.1, 0.15) is 36.0 Å². The Hall–Kier alpha value is -1.56. The van der Waals surface area contributed by atoms with Gasteiger partial charge in [0.25, 0.3) is 0 Å². The predicted octanol–water partition coefficient (Wildman–Crippen LogP) is 2.64. The monoisotopic (exact) mass is 318 g/mol. The van der Waals surface area contributed by atoms with Gasteiger partial charge in [0.2, 0.25) is 0 Å². The Labute approximate surface area is 128 Å². The van der Waals surface area contributed by atoms with E-state index in [-0.39, 0.29) is 6.61 Å². The minimum atomic E-state index is -4.89. The zero-order chi connectivity index (χ0) is 16.6. The number of unbranched alkanes of at least 4 members (excludes halogenated alkanes) is 2. The number of benzene rings is 1. The fourth-order valence-corrected chi connectivity index (χ4v) is 2.27. The SMILES string of the molecule is Cc1cc(C)cc(C[NH2+]CCCCCOC(=O)C(F)(F)F)c1. The molecule has 6 heteroatoms. The zero-order valence-electron chi connectivity index (χ0n) is 13.0. The molecule has 22 heavy (non-hydrogen) atoms. The lowest BCUT2D eigenvalue weighted by Gasteiger charge is -2.07. The lowest BCUT2D eigenvalue weighted by molar-refractivity contribution is -0.671. The Morgan fingerprint density at radius 2 is 1.73 bits per heavy atom. The smallest absolute Gasteiger partial charge is 0.459 e. The van der Waals surface area contributed by atoms with E-state index in [1.54, 1.807) is 0 Å². The second-order valence-electron chi connectivity index (χ2n) is 5.47. The minimum absolute atomic E-state index is 0.171. The van der Waals surface area contributed by atoms with Gasteiger partial charge in [-0.3, -0.25) is 0 Å². The van der Waals surface area contributed by atoms with Crippen LogP contribution in [0, 0.1) is 13.8 Å². The average Bonchev–Trinajstić information content (AvgIpc) is 2.39. The fourth-order valence-electron chi connectivity index (χ4n) is 2.27. The Morgan fingerprint density at radius 3 is 2.32 bits per heavy atom. The molecule has 0 aliphatic heterocycles. The summed E-state index contributed by atoms with van der Waals surface area (Å²) in [4.78, 5) is 10.5. The van der Waals surface area contributed by atoms with E-state index in [4.69, 9.17) is 0 Å². The van der Waals surface area contributed by atoms with Crippen LogP contribution in [0.15, 0.2) is 18.2 Å². The first-order valence-electron chi connectivity index (χ1n) is 7.42. The van der Waals surface area contributed by atoms with Crippen molar-refractivity contribution in [1.82, 2.24) is 0 Å². The Balaban J connectivity index is 2.05. The summed E-state index contributed by atoms with van der Waals surface area (Å²) in [7, 11) is 0. The number of hydrogen-bond donors (Lipinski definition) is 1. The van der Waals surface area contributed by atoms with Gasteiger partial charge >= 0.3 is 12.1 Å². The highest BCUT2D eigenvalue weighted by Crippen LogP contribution is 2.16. The van der Waals surface area contributed by atoms with E-state index in [0.717, 1.165) is 25.9 Å². The molecule has 0 aliphatic rings. The number of quaternary nitrogens is 1. The van der Waals surface area contributed by atoms with Crippen molar-refractivity contribution in [3.05, 3.63) is 34.9 Å². The van der Waals surface area contributed by atoms with E-state index in [1.165, 1.54) is 16.7 Å². The normalized spacial score (nSPS) is 11.5. The van der Waals surface area contributed by atoms with E-state index >= 15 is 0 Å². The highest BCUT2D eigenvalue weighted by atomic mass is 19.4. The van der Waals surface area contributed by atoms with E-state index in [1.807, 2.05) is 0 Å². The number of hydrogen-bond acceptors (Lipinski definition) is 2. The molecular weight excluding hydrogens is 295 g/mol. The van der Waals surface area contributed by atoms with Gasteiger partial charge in [-0.25, -0.2) is 4.79 Å². The van der Waals surface area contributed by atoms with Crippen molar-refractivity contribution >= 4 is 5.97 Å². The van der Waals surface area contributed by atoms with Crippen LogP contribution in [0.4, 0.5) is 13.2 Å². The second-order valence-corrected chi connectivity index (χ2v) is 5.47. The first-order valence-corrected chi connectivity index (χ1v) is 7.42. The van der Waals surface area contributed by atoms with Crippen molar-refractivity contribution in [2.24, 2.45) is 0 Å². The molecular formula is C16H23F3NO2+. The summed E-state index contributed by atoms with van der Waals surface area (Å²) in [5.41, 5.74) is 3.77. The van der Waals surface area contributed by atoms with Crippen molar-refractivity contribution in [2.75, 3.05) is 13.2 Å². The number of carbonyl (C=O) groups excluding carboxylic acids is 1. The third-order valence-electron chi connectivity index (χ3n) is 3.18. The third kappa shape index (κ3) is 7.45. The number of rotatable bonds is 8. The average molecular weight is 318 g/mol. The molecule has 0 radical (unpaired) electrons. The maximum absolute atomic E-state index is 11.9. The second kappa shape index (κ2) is 8.78. The quantitative estimate of drug-likeness (QED) is 0.591. The molecule has 0 saturated heterocycles. The van der Waals surface area contributed by atoms with Crippen LogP contribution in [-0.4, -0.2) is 25.3 Å². The fraction of sp³-hybridized carbons (Fsp3) is 0.562. The summed E-state index contributed by atoms with van der Waals surface area (Å²) >= 11 is 0. The van der Waals surface area contributed by atoms with Crippen LogP contribution in [0.2, 0.25) is 0 Å². The summed E-state index contributed by atoms with van der Waals surface area (Å²) in [6.07, 6.45) is -2.80. The summed E-state index contributed by atoms with van der Waals surface area (Å²) in [6.45, 7) is 5.76. The van der Waals surface area contributed by atoms with Gasteiger partial charge in [0, 0.05) is 5.56 Å². The minimum Gasteiger partial charge on any atom is -0.459 e. The van der Waals surface area contributed by atoms with Crippen LogP contribution in [-0.2, 0) is 16.1 Å². The van der Waals surface area contributed by atoms with Gasteiger partial charge in [-0.05, 0) is 33.1 Å². The number of aryl methyl sites for hydroxylation is 2. The molecule has 0 spiro atoms. The van der Waals surface area contributed by atoms with Crippen molar-refractivity contribution in [2.45, 2.75) is 45.8 Å². The van der Waals surface area contributed by atoms with Gasteiger partial charge in [0.05, 0.1) is 13.2 Å². The maximum atomic E-state index is 11.9. The number of halogens is 3. The Morgan fingerprint density at radius 1 is 1.09 bits per heavy atom. The molecule has 0 aliphatic carbocycles. The Bertz CT molecular complexity index is 467. The van der Waals surface area contributed by atoms with Gasteiger partial charge in [0.1, 0.15) is 6.54 Å². The summed E-state index contributed by atoms with van der Waals surface area (Å²) < 4.78 is 39.7. The molecule has 0 fully saturated rings. The number of esters is 1. The molecule has 0 atom stereocenters. The highest BCUT2D eigenvalue weighted by molar-refractivity contribution is 5.75. The standard InChI is InChI=1S/C16H22F3NO2/c1-12-8-13(2)10-14(9-12)11-20-6-4-3-5-7-22-15(21)16(17,18)19/h8-10,20H,3-7,11H2,1-2H3/p+1. The first-order chi connectivity index (χ1) is 10.3. The van der Waals surface area contributed by atoms with Crippen molar-refractivity contribution in [3.63, 3.8) is 0 Å². The molecule has 2 N–H and O–H groups in total. The van der Waals surface area contributed by atoms with Crippen molar-refractivity contribution in [3.8, 4) is 0 Å². The summed E-state index contributed by atoms with van der Waals surface area (Å²) in [5, 5.41) is 2.18. The van der Waals surface area contributed by atoms with Gasteiger partial charge in [0.15, 0.2) is 0 Å². The van der Waals surface area contributed by atoms with Gasteiger partial charge in [-0.1, -0.05) is 29.3 Å². The highest BCUT2D eigenvalue weighted by Gasteiger charge is 2.40. The van der Waals surface area contributed by atoms with Crippen molar-refractivity contribution < 1.29 is 28.0 Å². The molecule has 0 unspecified atom stereocenters. The van der Waals surface area contributed by atoms with Crippen molar-refractivity contribution in [1.29, 1.82) is 0 Å². The molecule has 1 rings (SSSR count). The molecule has 0 bridgehead atoms. The number of carbonyl (C=O) groups is 1. The van der Waals surface area contributed by atoms with Gasteiger partial charge in [-0.15, -0.1) is 0 Å². The maximum Gasteiger partial charge on any atom is 0.490 e. The van der Waals surface area contributed by atoms with E-state index in [2.05, 4.69) is 42.1 Å². The van der Waals surface area contributed by atoms with Crippen LogP contribution in [0.25, 0.3) is 0 Å². The summed E-state index contributed by atoms with van der Waals surface area (Å²) in [5.74, 6) is -2.10. The van der Waals surface area contributed by atoms with E-state index in [9.17, 15) is 18.0 Å². The number of alkyl halides is 3. The molecule has 1 aromatic rings. The molecule has 0 heterocycles. The molecule has 124 valence electrons. The molecule has 3 nitrogen and oxygen atoms in total. The largest absolute Gasteiger partial charge is 0.490 e. The van der Waals surface area contributed by atoms with E-state index in [0.29, 0.717) is 6.42 Å². The molecule has 0 saturated carbocycles. The molecule has 0 aromatic heterocycles. The van der Waals surface area contributed by atoms with Gasteiger partial charge in [-0.2, -0.15) is 13.2 Å². The van der Waals surface area contributed by atoms with Crippen LogP contribution in [0.5, 0.6) is 0 Å². The first kappa shape index (κ1) is 18.5. The lowest BCUT2D eigenvalue weighted by Crippen LogP contribution is -2.82. The Kier molecular flexibility index (Phi) is 7.38. The predicted molar refractivity (Wildman–Crippen MR) is 77.3 cm³/mol. The molecule has 0 amide bonds. The van der Waals surface area contributed by atoms with Crippen LogP contribution < -0.4 is 5.32 Å². The number of ether oxygens (including phenoxy) is 1. The van der Waals surface area contributed by atoms with E-state index < -0.39 is 12.1 Å². The van der Waals surface area contributed by atoms with Gasteiger partial charge < -0.3 is 10.1 Å². The van der Waals surface area contributed by atoms with Crippen LogP contribution in [0.3, 0.4) is 0 Å². The molecule has 1 aromatic carbocycles.